The first-order valence-electron chi connectivity index (χ1n) is 7.66. The molecule has 4 rings (SSSR count). The number of rotatable bonds is 4. The molecule has 0 spiro atoms. The lowest BCUT2D eigenvalue weighted by Crippen LogP contribution is -2.28. The molecule has 1 aliphatic rings. The third kappa shape index (κ3) is 2.91. The number of nitrogens with zero attached hydrogens (tertiary/aromatic N) is 2. The zero-order valence-corrected chi connectivity index (χ0v) is 13.3. The Labute approximate surface area is 138 Å². The highest BCUT2D eigenvalue weighted by Crippen LogP contribution is 2.31. The van der Waals surface area contributed by atoms with Crippen molar-refractivity contribution < 1.29 is 5.11 Å². The van der Waals surface area contributed by atoms with Gasteiger partial charge in [-0.15, -0.1) is 11.3 Å². The first-order chi connectivity index (χ1) is 11.3. The lowest BCUT2D eigenvalue weighted by molar-refractivity contribution is 0.140. The quantitative estimate of drug-likeness (QED) is 0.775. The van der Waals surface area contributed by atoms with E-state index in [1.165, 1.54) is 11.1 Å². The second-order valence-electron chi connectivity index (χ2n) is 5.69. The van der Waals surface area contributed by atoms with Gasteiger partial charge in [0.25, 0.3) is 0 Å². The molecule has 23 heavy (non-hydrogen) atoms. The Balaban J connectivity index is 1.47. The van der Waals surface area contributed by atoms with Crippen LogP contribution in [0.15, 0.2) is 54.0 Å². The highest BCUT2D eigenvalue weighted by molar-refractivity contribution is 7.13. The van der Waals surface area contributed by atoms with Gasteiger partial charge < -0.3 is 10.4 Å². The minimum Gasteiger partial charge on any atom is -0.391 e. The lowest BCUT2D eigenvalue weighted by Gasteiger charge is -2.17. The van der Waals surface area contributed by atoms with Crippen LogP contribution < -0.4 is 5.32 Å². The van der Waals surface area contributed by atoms with Crippen LogP contribution in [0.5, 0.6) is 0 Å². The fraction of sp³-hybridized carbons (Fsp3) is 0.222. The number of aromatic nitrogens is 2. The predicted octanol–water partition coefficient (Wildman–Crippen LogP) is 2.95. The highest BCUT2D eigenvalue weighted by atomic mass is 32.1. The van der Waals surface area contributed by atoms with Gasteiger partial charge in [-0.3, -0.25) is 4.98 Å². The van der Waals surface area contributed by atoms with E-state index in [1.807, 2.05) is 35.7 Å². The second kappa shape index (κ2) is 6.20. The molecule has 1 aliphatic carbocycles. The molecular formula is C18H17N3OS. The van der Waals surface area contributed by atoms with Crippen LogP contribution in [0, 0.1) is 0 Å². The summed E-state index contributed by atoms with van der Waals surface area (Å²) in [7, 11) is 0. The molecule has 1 aromatic carbocycles. The van der Waals surface area contributed by atoms with Crippen LogP contribution in [-0.4, -0.2) is 21.2 Å². The average molecular weight is 323 g/mol. The minimum atomic E-state index is -0.374. The molecule has 2 atom stereocenters. The maximum absolute atomic E-state index is 10.3. The molecule has 2 aromatic heterocycles. The third-order valence-electron chi connectivity index (χ3n) is 4.14. The molecule has 2 heterocycles. The molecule has 0 aliphatic heterocycles. The molecule has 2 N–H and O–H groups in total. The topological polar surface area (TPSA) is 58.0 Å². The molecule has 5 heteroatoms. The summed E-state index contributed by atoms with van der Waals surface area (Å²) in [5.41, 5.74) is 4.30. The summed E-state index contributed by atoms with van der Waals surface area (Å²) in [6, 6.07) is 14.0. The molecule has 0 unspecified atom stereocenters. The van der Waals surface area contributed by atoms with E-state index in [-0.39, 0.29) is 12.1 Å². The van der Waals surface area contributed by atoms with E-state index >= 15 is 0 Å². The van der Waals surface area contributed by atoms with E-state index in [1.54, 1.807) is 17.5 Å². The Hall–Kier alpha value is -2.08. The summed E-state index contributed by atoms with van der Waals surface area (Å²) < 4.78 is 0. The number of hydrogen-bond donors (Lipinski definition) is 2. The van der Waals surface area contributed by atoms with Crippen molar-refractivity contribution in [1.82, 2.24) is 15.3 Å². The average Bonchev–Trinajstić information content (AvgIpc) is 3.18. The van der Waals surface area contributed by atoms with Gasteiger partial charge in [-0.2, -0.15) is 0 Å². The van der Waals surface area contributed by atoms with E-state index in [2.05, 4.69) is 27.4 Å². The van der Waals surface area contributed by atoms with E-state index in [0.29, 0.717) is 13.0 Å². The Bertz CT molecular complexity index is 803. The number of hydrogen-bond acceptors (Lipinski definition) is 5. The number of aliphatic hydroxyl groups is 1. The molecule has 0 bridgehead atoms. The van der Waals surface area contributed by atoms with E-state index in [9.17, 15) is 5.11 Å². The highest BCUT2D eigenvalue weighted by Gasteiger charge is 2.30. The number of fused-ring (bicyclic) bond motifs is 1. The smallest absolute Gasteiger partial charge is 0.142 e. The first-order valence-corrected chi connectivity index (χ1v) is 8.54. The van der Waals surface area contributed by atoms with Gasteiger partial charge in [0.15, 0.2) is 0 Å². The van der Waals surface area contributed by atoms with Crippen LogP contribution in [0.3, 0.4) is 0 Å². The SMILES string of the molecule is O[C@H]1Cc2ccccc2[C@H]1NCc1csc(-c2ccccn2)n1. The van der Waals surface area contributed by atoms with E-state index < -0.39 is 0 Å². The number of nitrogens with one attached hydrogen (secondary N) is 1. The van der Waals surface area contributed by atoms with E-state index in [4.69, 9.17) is 0 Å². The van der Waals surface area contributed by atoms with Gasteiger partial charge in [-0.25, -0.2) is 4.98 Å². The van der Waals surface area contributed by atoms with Crippen molar-refractivity contribution in [3.05, 3.63) is 70.9 Å². The fourth-order valence-electron chi connectivity index (χ4n) is 3.03. The standard InChI is InChI=1S/C18H17N3OS/c22-16-9-12-5-1-2-6-14(12)17(16)20-10-13-11-23-18(21-13)15-7-3-4-8-19-15/h1-8,11,16-17,20,22H,9-10H2/t16-,17+/m0/s1. The first kappa shape index (κ1) is 14.5. The van der Waals surface area contributed by atoms with Crippen molar-refractivity contribution in [2.45, 2.75) is 25.1 Å². The van der Waals surface area contributed by atoms with Crippen molar-refractivity contribution in [2.24, 2.45) is 0 Å². The Morgan fingerprint density at radius 2 is 2.04 bits per heavy atom. The van der Waals surface area contributed by atoms with Crippen LogP contribution >= 0.6 is 11.3 Å². The van der Waals surface area contributed by atoms with Crippen LogP contribution in [0.25, 0.3) is 10.7 Å². The minimum absolute atomic E-state index is 0.0220. The van der Waals surface area contributed by atoms with Gasteiger partial charge in [-0.1, -0.05) is 30.3 Å². The summed E-state index contributed by atoms with van der Waals surface area (Å²) >= 11 is 1.60. The van der Waals surface area contributed by atoms with Crippen LogP contribution in [-0.2, 0) is 13.0 Å². The van der Waals surface area contributed by atoms with Crippen molar-refractivity contribution >= 4 is 11.3 Å². The van der Waals surface area contributed by atoms with E-state index in [0.717, 1.165) is 16.4 Å². The van der Waals surface area contributed by atoms with Gasteiger partial charge in [-0.05, 0) is 23.3 Å². The number of benzene rings is 1. The van der Waals surface area contributed by atoms with Crippen LogP contribution in [0.1, 0.15) is 22.9 Å². The zero-order chi connectivity index (χ0) is 15.6. The summed E-state index contributed by atoms with van der Waals surface area (Å²) in [5, 5.41) is 16.7. The molecule has 0 radical (unpaired) electrons. The number of thiazole rings is 1. The summed E-state index contributed by atoms with van der Waals surface area (Å²) in [4.78, 5) is 8.96. The Morgan fingerprint density at radius 3 is 2.91 bits per heavy atom. The molecule has 3 aromatic rings. The molecular weight excluding hydrogens is 306 g/mol. The van der Waals surface area contributed by atoms with Gasteiger partial charge in [0, 0.05) is 24.5 Å². The summed E-state index contributed by atoms with van der Waals surface area (Å²) in [6.45, 7) is 0.638. The van der Waals surface area contributed by atoms with Gasteiger partial charge in [0.1, 0.15) is 5.01 Å². The molecule has 0 fully saturated rings. The number of aliphatic hydroxyl groups excluding tert-OH is 1. The fourth-order valence-corrected chi connectivity index (χ4v) is 3.82. The third-order valence-corrected chi connectivity index (χ3v) is 5.06. The van der Waals surface area contributed by atoms with Crippen molar-refractivity contribution in [2.75, 3.05) is 0 Å². The van der Waals surface area contributed by atoms with Crippen molar-refractivity contribution in [1.29, 1.82) is 0 Å². The van der Waals surface area contributed by atoms with Crippen LogP contribution in [0.4, 0.5) is 0 Å². The normalized spacial score (nSPS) is 19.7. The maximum Gasteiger partial charge on any atom is 0.142 e. The van der Waals surface area contributed by atoms with Gasteiger partial charge in [0.2, 0.25) is 0 Å². The monoisotopic (exact) mass is 323 g/mol. The summed E-state index contributed by atoms with van der Waals surface area (Å²) in [6.07, 6.45) is 2.12. The molecule has 0 amide bonds. The summed E-state index contributed by atoms with van der Waals surface area (Å²) in [5.74, 6) is 0. The lowest BCUT2D eigenvalue weighted by atomic mass is 10.1. The van der Waals surface area contributed by atoms with Gasteiger partial charge in [0.05, 0.1) is 23.5 Å². The predicted molar refractivity (Wildman–Crippen MR) is 91.1 cm³/mol. The second-order valence-corrected chi connectivity index (χ2v) is 6.55. The largest absolute Gasteiger partial charge is 0.391 e. The molecule has 0 saturated carbocycles. The molecule has 4 nitrogen and oxygen atoms in total. The Morgan fingerprint density at radius 1 is 1.17 bits per heavy atom. The number of pyridine rings is 1. The Kier molecular flexibility index (Phi) is 3.91. The maximum atomic E-state index is 10.3. The van der Waals surface area contributed by atoms with Crippen molar-refractivity contribution in [3.63, 3.8) is 0 Å². The molecule has 0 saturated heterocycles. The zero-order valence-electron chi connectivity index (χ0n) is 12.5. The van der Waals surface area contributed by atoms with Crippen molar-refractivity contribution in [3.8, 4) is 10.7 Å². The molecule has 116 valence electrons. The van der Waals surface area contributed by atoms with Crippen LogP contribution in [0.2, 0.25) is 0 Å². The van der Waals surface area contributed by atoms with Gasteiger partial charge >= 0.3 is 0 Å².